The highest BCUT2D eigenvalue weighted by Crippen LogP contribution is 2.32. The van der Waals surface area contributed by atoms with E-state index in [1.165, 1.54) is 23.1 Å². The van der Waals surface area contributed by atoms with Crippen LogP contribution in [0.15, 0.2) is 42.5 Å². The molecular weight excluding hydrogens is 326 g/mol. The van der Waals surface area contributed by atoms with Crippen LogP contribution < -0.4 is 10.1 Å². The first-order valence-corrected chi connectivity index (χ1v) is 8.22. The van der Waals surface area contributed by atoms with Crippen molar-refractivity contribution in [3.05, 3.63) is 65.2 Å². The van der Waals surface area contributed by atoms with Crippen molar-refractivity contribution in [3.63, 3.8) is 0 Å². The van der Waals surface area contributed by atoms with Crippen molar-refractivity contribution >= 4 is 6.03 Å². The van der Waals surface area contributed by atoms with Crippen molar-refractivity contribution in [2.45, 2.75) is 18.9 Å². The summed E-state index contributed by atoms with van der Waals surface area (Å²) in [4.78, 5) is 13.8. The van der Waals surface area contributed by atoms with Gasteiger partial charge < -0.3 is 15.0 Å². The van der Waals surface area contributed by atoms with Crippen LogP contribution in [0.5, 0.6) is 5.75 Å². The summed E-state index contributed by atoms with van der Waals surface area (Å²) >= 11 is 0. The van der Waals surface area contributed by atoms with E-state index in [2.05, 4.69) is 5.32 Å². The number of nitrogens with zero attached hydrogens (tertiary/aromatic N) is 1. The van der Waals surface area contributed by atoms with Gasteiger partial charge in [0.25, 0.3) is 0 Å². The van der Waals surface area contributed by atoms with Crippen LogP contribution in [-0.4, -0.2) is 31.1 Å². The number of rotatable bonds is 5. The van der Waals surface area contributed by atoms with Gasteiger partial charge in [-0.1, -0.05) is 12.1 Å². The average molecular weight is 346 g/mol. The Morgan fingerprint density at radius 3 is 2.76 bits per heavy atom. The van der Waals surface area contributed by atoms with E-state index in [1.807, 2.05) is 6.07 Å². The third-order valence-electron chi connectivity index (χ3n) is 4.37. The van der Waals surface area contributed by atoms with Crippen LogP contribution in [0.3, 0.4) is 0 Å². The molecule has 1 aliphatic rings. The standard InChI is InChI=1S/C19H20F2N2O2/c1-23(11-12-25-14-7-5-13(20)6-8-14)19(24)22-18-10-9-15-16(18)3-2-4-17(15)21/h2-8,18H,9-12H2,1H3,(H,22,24). The van der Waals surface area contributed by atoms with Crippen molar-refractivity contribution in [2.24, 2.45) is 0 Å². The van der Waals surface area contributed by atoms with Gasteiger partial charge >= 0.3 is 6.03 Å². The monoisotopic (exact) mass is 346 g/mol. The molecule has 0 saturated carbocycles. The molecule has 1 unspecified atom stereocenters. The molecule has 0 fully saturated rings. The molecule has 4 nitrogen and oxygen atoms in total. The van der Waals surface area contributed by atoms with Crippen molar-refractivity contribution in [3.8, 4) is 5.75 Å². The van der Waals surface area contributed by atoms with Crippen LogP contribution in [0.2, 0.25) is 0 Å². The zero-order chi connectivity index (χ0) is 17.8. The third kappa shape index (κ3) is 4.07. The van der Waals surface area contributed by atoms with Crippen LogP contribution in [-0.2, 0) is 6.42 Å². The second-order valence-corrected chi connectivity index (χ2v) is 6.07. The zero-order valence-corrected chi connectivity index (χ0v) is 14.0. The molecule has 1 atom stereocenters. The Balaban J connectivity index is 1.49. The second-order valence-electron chi connectivity index (χ2n) is 6.07. The van der Waals surface area contributed by atoms with Crippen molar-refractivity contribution in [1.82, 2.24) is 10.2 Å². The molecule has 132 valence electrons. The summed E-state index contributed by atoms with van der Waals surface area (Å²) < 4.78 is 32.1. The number of carbonyl (C=O) groups excluding carboxylic acids is 1. The van der Waals surface area contributed by atoms with E-state index in [9.17, 15) is 13.6 Å². The molecule has 0 spiro atoms. The SMILES string of the molecule is CN(CCOc1ccc(F)cc1)C(=O)NC1CCc2c(F)cccc21. The van der Waals surface area contributed by atoms with Crippen LogP contribution in [0.4, 0.5) is 13.6 Å². The number of benzene rings is 2. The fourth-order valence-electron chi connectivity index (χ4n) is 2.95. The average Bonchev–Trinajstić information content (AvgIpc) is 3.01. The fourth-order valence-corrected chi connectivity index (χ4v) is 2.95. The lowest BCUT2D eigenvalue weighted by atomic mass is 10.1. The summed E-state index contributed by atoms with van der Waals surface area (Å²) in [5.41, 5.74) is 1.54. The van der Waals surface area contributed by atoms with Gasteiger partial charge in [-0.15, -0.1) is 0 Å². The van der Waals surface area contributed by atoms with Crippen molar-refractivity contribution in [1.29, 1.82) is 0 Å². The van der Waals surface area contributed by atoms with E-state index in [0.29, 0.717) is 37.3 Å². The van der Waals surface area contributed by atoms with Gasteiger partial charge in [-0.25, -0.2) is 13.6 Å². The molecular formula is C19H20F2N2O2. The maximum atomic E-state index is 13.7. The largest absolute Gasteiger partial charge is 0.492 e. The number of hydrogen-bond donors (Lipinski definition) is 1. The van der Waals surface area contributed by atoms with E-state index in [0.717, 1.165) is 5.56 Å². The number of fused-ring (bicyclic) bond motifs is 1. The van der Waals surface area contributed by atoms with Gasteiger partial charge in [-0.3, -0.25) is 0 Å². The molecule has 2 aromatic rings. The lowest BCUT2D eigenvalue weighted by Gasteiger charge is -2.21. The minimum absolute atomic E-state index is 0.168. The lowest BCUT2D eigenvalue weighted by Crippen LogP contribution is -2.40. The number of nitrogens with one attached hydrogen (secondary N) is 1. The molecule has 0 heterocycles. The molecule has 1 aliphatic carbocycles. The van der Waals surface area contributed by atoms with Gasteiger partial charge in [-0.2, -0.15) is 0 Å². The van der Waals surface area contributed by atoms with Crippen LogP contribution in [0, 0.1) is 11.6 Å². The van der Waals surface area contributed by atoms with E-state index in [4.69, 9.17) is 4.74 Å². The molecule has 0 aliphatic heterocycles. The number of urea groups is 1. The second kappa shape index (κ2) is 7.51. The number of carbonyl (C=O) groups is 1. The number of ether oxygens (including phenoxy) is 1. The van der Waals surface area contributed by atoms with Crippen LogP contribution >= 0.6 is 0 Å². The Labute approximate surface area is 145 Å². The normalized spacial score (nSPS) is 15.6. The number of amides is 2. The van der Waals surface area contributed by atoms with Gasteiger partial charge in [0.2, 0.25) is 0 Å². The van der Waals surface area contributed by atoms with E-state index >= 15 is 0 Å². The topological polar surface area (TPSA) is 41.6 Å². The minimum Gasteiger partial charge on any atom is -0.492 e. The Kier molecular flexibility index (Phi) is 5.16. The Hall–Kier alpha value is -2.63. The Morgan fingerprint density at radius 2 is 2.00 bits per heavy atom. The maximum absolute atomic E-state index is 13.7. The molecule has 6 heteroatoms. The zero-order valence-electron chi connectivity index (χ0n) is 14.0. The van der Waals surface area contributed by atoms with E-state index in [-0.39, 0.29) is 23.7 Å². The molecule has 2 amide bonds. The number of likely N-dealkylation sites (N-methyl/N-ethyl adjacent to an activating group) is 1. The quantitative estimate of drug-likeness (QED) is 0.897. The summed E-state index contributed by atoms with van der Waals surface area (Å²) in [6, 6.07) is 10.3. The van der Waals surface area contributed by atoms with Crippen molar-refractivity contribution < 1.29 is 18.3 Å². The number of halogens is 2. The highest BCUT2D eigenvalue weighted by molar-refractivity contribution is 5.74. The summed E-state index contributed by atoms with van der Waals surface area (Å²) in [7, 11) is 1.67. The minimum atomic E-state index is -0.322. The van der Waals surface area contributed by atoms with Gasteiger partial charge in [0, 0.05) is 7.05 Å². The van der Waals surface area contributed by atoms with Gasteiger partial charge in [-0.05, 0) is 54.3 Å². The first-order valence-electron chi connectivity index (χ1n) is 8.22. The molecule has 2 aromatic carbocycles. The predicted molar refractivity (Wildman–Crippen MR) is 90.5 cm³/mol. The molecule has 0 aromatic heterocycles. The molecule has 25 heavy (non-hydrogen) atoms. The van der Waals surface area contributed by atoms with Gasteiger partial charge in [0.15, 0.2) is 0 Å². The van der Waals surface area contributed by atoms with Gasteiger partial charge in [0.05, 0.1) is 12.6 Å². The van der Waals surface area contributed by atoms with E-state index in [1.54, 1.807) is 25.2 Å². The fraction of sp³-hybridized carbons (Fsp3) is 0.316. The molecule has 0 radical (unpaired) electrons. The highest BCUT2D eigenvalue weighted by Gasteiger charge is 2.26. The highest BCUT2D eigenvalue weighted by atomic mass is 19.1. The van der Waals surface area contributed by atoms with Crippen molar-refractivity contribution in [2.75, 3.05) is 20.2 Å². The molecule has 0 saturated heterocycles. The van der Waals surface area contributed by atoms with E-state index < -0.39 is 0 Å². The summed E-state index contributed by atoms with van der Waals surface area (Å²) in [5.74, 6) is 0.0165. The molecule has 0 bridgehead atoms. The summed E-state index contributed by atoms with van der Waals surface area (Å²) in [6.07, 6.45) is 1.33. The molecule has 3 rings (SSSR count). The lowest BCUT2D eigenvalue weighted by molar-refractivity contribution is 0.191. The molecule has 1 N–H and O–H groups in total. The first-order chi connectivity index (χ1) is 12.0. The summed E-state index contributed by atoms with van der Waals surface area (Å²) in [5, 5.41) is 2.93. The maximum Gasteiger partial charge on any atom is 0.317 e. The van der Waals surface area contributed by atoms with Crippen LogP contribution in [0.1, 0.15) is 23.6 Å². The first kappa shape index (κ1) is 17.2. The predicted octanol–water partition coefficient (Wildman–Crippen LogP) is 3.67. The van der Waals surface area contributed by atoms with Crippen LogP contribution in [0.25, 0.3) is 0 Å². The summed E-state index contributed by atoms with van der Waals surface area (Å²) in [6.45, 7) is 0.678. The third-order valence-corrected chi connectivity index (χ3v) is 4.37. The Bertz CT molecular complexity index is 750. The van der Waals surface area contributed by atoms with Gasteiger partial charge in [0.1, 0.15) is 24.0 Å². The smallest absolute Gasteiger partial charge is 0.317 e. The number of hydrogen-bond acceptors (Lipinski definition) is 2. The Morgan fingerprint density at radius 1 is 1.24 bits per heavy atom.